The maximum absolute atomic E-state index is 12.0. The van der Waals surface area contributed by atoms with Crippen molar-refractivity contribution in [3.63, 3.8) is 0 Å². The summed E-state index contributed by atoms with van der Waals surface area (Å²) >= 11 is 0. The van der Waals surface area contributed by atoms with E-state index in [0.29, 0.717) is 0 Å². The highest BCUT2D eigenvalue weighted by Crippen LogP contribution is 2.42. The van der Waals surface area contributed by atoms with E-state index < -0.39 is 5.60 Å². The quantitative estimate of drug-likeness (QED) is 0.760. The van der Waals surface area contributed by atoms with Crippen LogP contribution in [-0.2, 0) is 4.74 Å². The van der Waals surface area contributed by atoms with Gasteiger partial charge in [-0.15, -0.1) is 0 Å². The summed E-state index contributed by atoms with van der Waals surface area (Å²) in [6.45, 7) is 12.3. The Morgan fingerprint density at radius 1 is 1.00 bits per heavy atom. The zero-order valence-electron chi connectivity index (χ0n) is 12.9. The van der Waals surface area contributed by atoms with Gasteiger partial charge in [0.05, 0.1) is 0 Å². The summed E-state index contributed by atoms with van der Waals surface area (Å²) < 4.78 is 5.41. The lowest BCUT2D eigenvalue weighted by Gasteiger charge is -2.48. The molecule has 3 nitrogen and oxygen atoms in total. The van der Waals surface area contributed by atoms with E-state index in [1.807, 2.05) is 20.8 Å². The highest BCUT2D eigenvalue weighted by Gasteiger charge is 2.44. The van der Waals surface area contributed by atoms with Crippen LogP contribution in [-0.4, -0.2) is 17.2 Å². The summed E-state index contributed by atoms with van der Waals surface area (Å²) in [6, 6.07) is 0. The fraction of sp³-hybridized carbons (Fsp3) is 0.933. The smallest absolute Gasteiger partial charge is 0.408 e. The molecule has 0 atom stereocenters. The molecule has 1 amide bonds. The van der Waals surface area contributed by atoms with Crippen LogP contribution in [0.25, 0.3) is 0 Å². The van der Waals surface area contributed by atoms with Gasteiger partial charge < -0.3 is 10.1 Å². The average Bonchev–Trinajstić information content (AvgIpc) is 2.13. The molecule has 0 aromatic carbocycles. The van der Waals surface area contributed by atoms with Crippen molar-refractivity contribution >= 4 is 6.09 Å². The van der Waals surface area contributed by atoms with Crippen LogP contribution in [0.4, 0.5) is 4.79 Å². The number of hydrogen-bond acceptors (Lipinski definition) is 2. The molecule has 1 aliphatic rings. The van der Waals surface area contributed by atoms with Gasteiger partial charge in [-0.1, -0.05) is 40.0 Å². The molecule has 0 aromatic heterocycles. The third kappa shape index (κ3) is 3.89. The van der Waals surface area contributed by atoms with Gasteiger partial charge in [0.15, 0.2) is 0 Å². The van der Waals surface area contributed by atoms with Gasteiger partial charge >= 0.3 is 6.09 Å². The maximum atomic E-state index is 12.0. The van der Waals surface area contributed by atoms with Crippen LogP contribution in [0.2, 0.25) is 0 Å². The first-order valence-electron chi connectivity index (χ1n) is 7.07. The molecule has 1 rings (SSSR count). The second-order valence-corrected chi connectivity index (χ2v) is 7.52. The van der Waals surface area contributed by atoms with Crippen LogP contribution in [0.15, 0.2) is 0 Å². The lowest BCUT2D eigenvalue weighted by atomic mass is 9.65. The van der Waals surface area contributed by atoms with Gasteiger partial charge in [-0.2, -0.15) is 0 Å². The Bertz CT molecular complexity index is 291. The first-order chi connectivity index (χ1) is 8.06. The second kappa shape index (κ2) is 5.10. The number of nitrogens with one attached hydrogen (secondary N) is 1. The summed E-state index contributed by atoms with van der Waals surface area (Å²) in [6.07, 6.45) is 5.47. The minimum atomic E-state index is -0.433. The molecule has 1 aliphatic carbocycles. The van der Waals surface area contributed by atoms with E-state index in [1.165, 1.54) is 19.3 Å². The van der Waals surface area contributed by atoms with Crippen molar-refractivity contribution in [2.24, 2.45) is 5.41 Å². The summed E-state index contributed by atoms with van der Waals surface area (Å²) in [5.41, 5.74) is -0.490. The minimum Gasteiger partial charge on any atom is -0.444 e. The Morgan fingerprint density at radius 3 is 1.89 bits per heavy atom. The highest BCUT2D eigenvalue weighted by molar-refractivity contribution is 5.69. The zero-order chi connectivity index (χ0) is 14.0. The largest absolute Gasteiger partial charge is 0.444 e. The van der Waals surface area contributed by atoms with Crippen molar-refractivity contribution in [2.45, 2.75) is 84.8 Å². The molecule has 0 saturated heterocycles. The third-order valence-corrected chi connectivity index (χ3v) is 3.88. The Morgan fingerprint density at radius 2 is 1.50 bits per heavy atom. The van der Waals surface area contributed by atoms with Crippen LogP contribution >= 0.6 is 0 Å². The monoisotopic (exact) mass is 255 g/mol. The number of hydrogen-bond donors (Lipinski definition) is 1. The lowest BCUT2D eigenvalue weighted by Crippen LogP contribution is -2.58. The summed E-state index contributed by atoms with van der Waals surface area (Å²) in [4.78, 5) is 12.0. The molecule has 0 aliphatic heterocycles. The van der Waals surface area contributed by atoms with Crippen molar-refractivity contribution in [1.29, 1.82) is 0 Å². The molecule has 1 saturated carbocycles. The Kier molecular flexibility index (Phi) is 4.34. The van der Waals surface area contributed by atoms with Crippen molar-refractivity contribution in [3.05, 3.63) is 0 Å². The van der Waals surface area contributed by atoms with E-state index in [-0.39, 0.29) is 17.0 Å². The average molecular weight is 255 g/mol. The zero-order valence-corrected chi connectivity index (χ0v) is 12.9. The van der Waals surface area contributed by atoms with Crippen LogP contribution < -0.4 is 5.32 Å². The first kappa shape index (κ1) is 15.3. The van der Waals surface area contributed by atoms with E-state index in [2.05, 4.69) is 26.1 Å². The molecule has 0 bridgehead atoms. The van der Waals surface area contributed by atoms with Crippen molar-refractivity contribution in [2.75, 3.05) is 0 Å². The van der Waals surface area contributed by atoms with Crippen molar-refractivity contribution < 1.29 is 9.53 Å². The first-order valence-corrected chi connectivity index (χ1v) is 7.07. The standard InChI is InChI=1S/C15H29NO2/c1-13(2,3)15(10-8-7-9-11-15)16-12(17)18-14(4,5)6/h7-11H2,1-6H3,(H,16,17). The van der Waals surface area contributed by atoms with Crippen LogP contribution in [0.5, 0.6) is 0 Å². The molecule has 0 heterocycles. The van der Waals surface area contributed by atoms with Crippen LogP contribution in [0.3, 0.4) is 0 Å². The molecule has 18 heavy (non-hydrogen) atoms. The van der Waals surface area contributed by atoms with Gasteiger partial charge in [-0.25, -0.2) is 4.79 Å². The lowest BCUT2D eigenvalue weighted by molar-refractivity contribution is 0.0245. The summed E-state index contributed by atoms with van der Waals surface area (Å²) in [7, 11) is 0. The predicted molar refractivity (Wildman–Crippen MR) is 74.6 cm³/mol. The molecule has 106 valence electrons. The molecular weight excluding hydrogens is 226 g/mol. The number of carbonyl (C=O) groups is 1. The van der Waals surface area contributed by atoms with E-state index in [4.69, 9.17) is 4.74 Å². The molecule has 0 spiro atoms. The van der Waals surface area contributed by atoms with E-state index in [9.17, 15) is 4.79 Å². The van der Waals surface area contributed by atoms with Gasteiger partial charge in [0.2, 0.25) is 0 Å². The Balaban J connectivity index is 2.77. The highest BCUT2D eigenvalue weighted by atomic mass is 16.6. The number of amides is 1. The number of ether oxygens (including phenoxy) is 1. The topological polar surface area (TPSA) is 38.3 Å². The van der Waals surface area contributed by atoms with Crippen molar-refractivity contribution in [1.82, 2.24) is 5.32 Å². The normalized spacial score (nSPS) is 20.3. The fourth-order valence-corrected chi connectivity index (χ4v) is 2.72. The number of rotatable bonds is 1. The molecule has 0 unspecified atom stereocenters. The fourth-order valence-electron chi connectivity index (χ4n) is 2.72. The number of carbonyl (C=O) groups excluding carboxylic acids is 1. The Labute approximate surface area is 112 Å². The van der Waals surface area contributed by atoms with Gasteiger partial charge in [0, 0.05) is 5.54 Å². The van der Waals surface area contributed by atoms with Crippen molar-refractivity contribution in [3.8, 4) is 0 Å². The predicted octanol–water partition coefficient (Wildman–Crippen LogP) is 4.26. The molecule has 0 aromatic rings. The molecule has 1 fully saturated rings. The van der Waals surface area contributed by atoms with Gasteiger partial charge in [-0.05, 0) is 39.0 Å². The summed E-state index contributed by atoms with van der Waals surface area (Å²) in [5, 5.41) is 3.17. The second-order valence-electron chi connectivity index (χ2n) is 7.52. The minimum absolute atomic E-state index is 0.0598. The third-order valence-electron chi connectivity index (χ3n) is 3.88. The molecule has 3 heteroatoms. The summed E-state index contributed by atoms with van der Waals surface area (Å²) in [5.74, 6) is 0. The Hall–Kier alpha value is -0.730. The van der Waals surface area contributed by atoms with Gasteiger partial charge in [-0.3, -0.25) is 0 Å². The van der Waals surface area contributed by atoms with Crippen LogP contribution in [0, 0.1) is 5.41 Å². The maximum Gasteiger partial charge on any atom is 0.408 e. The number of alkyl carbamates (subject to hydrolysis) is 1. The van der Waals surface area contributed by atoms with E-state index >= 15 is 0 Å². The van der Waals surface area contributed by atoms with Crippen LogP contribution in [0.1, 0.15) is 73.6 Å². The SMILES string of the molecule is CC(C)(C)OC(=O)NC1(C(C)(C)C)CCCCC1. The van der Waals surface area contributed by atoms with Gasteiger partial charge in [0.25, 0.3) is 0 Å². The van der Waals surface area contributed by atoms with E-state index in [1.54, 1.807) is 0 Å². The van der Waals surface area contributed by atoms with Gasteiger partial charge in [0.1, 0.15) is 5.60 Å². The van der Waals surface area contributed by atoms with E-state index in [0.717, 1.165) is 12.8 Å². The molecule has 0 radical (unpaired) electrons. The molecule has 1 N–H and O–H groups in total. The molecular formula is C15H29NO2.